The van der Waals surface area contributed by atoms with Gasteiger partial charge in [0.15, 0.2) is 12.3 Å². The molecule has 4 spiro atoms. The fourth-order valence-electron chi connectivity index (χ4n) is 25.2. The van der Waals surface area contributed by atoms with Gasteiger partial charge in [-0.15, -0.1) is 0 Å². The van der Waals surface area contributed by atoms with E-state index >= 15 is 0 Å². The number of benzene rings is 18. The van der Waals surface area contributed by atoms with E-state index in [-0.39, 0.29) is 0 Å². The number of nitrogens with zero attached hydrogens (tertiary/aromatic N) is 4. The zero-order chi connectivity index (χ0) is 76.6. The minimum atomic E-state index is -0.618. The molecule has 0 unspecified atom stereocenters. The highest BCUT2D eigenvalue weighted by molar-refractivity contribution is 6.04. The second-order valence-corrected chi connectivity index (χ2v) is 33.8. The van der Waals surface area contributed by atoms with Gasteiger partial charge >= 0.3 is 0 Å². The molecule has 4 heteroatoms. The standard InChI is InChI=1S/C114H70N4/c1-13-41-89-73(29-1)74-30-2-14-42-90(74)111(89)97-49-21-9-37-81(97)85-61-57-69(65-101(85)111)115-105-53-25-26-54-106(105)116(70-58-62-86-82-38-10-22-50-98(82)112(102(86)66-70)91-43-15-3-31-75(91)76-32-4-16-44-92(76)112)109(115)110-117(71-59-63-87-83-39-11-23-51-99(83)113(103(87)67-71)93-45-17-5-33-77(93)78-34-6-18-46-94(78)113)107-55-27-28-56-108(107)118(110)72-60-64-88-84-40-12-24-52-100(84)114(104(88)68-72)95-47-19-7-35-79(95)80-36-8-20-48-96(80)114/h1-68,109-110H. The third-order valence-electron chi connectivity index (χ3n) is 29.2. The smallest absolute Gasteiger partial charge is 0.151 e. The van der Waals surface area contributed by atoms with Gasteiger partial charge < -0.3 is 19.6 Å². The first-order valence-corrected chi connectivity index (χ1v) is 41.7. The summed E-state index contributed by atoms with van der Waals surface area (Å²) < 4.78 is 0. The Morgan fingerprint density at radius 3 is 0.407 bits per heavy atom. The van der Waals surface area contributed by atoms with Crippen LogP contribution in [-0.2, 0) is 21.7 Å². The molecule has 0 saturated heterocycles. The van der Waals surface area contributed by atoms with Crippen LogP contribution in [0, 0.1) is 0 Å². The second-order valence-electron chi connectivity index (χ2n) is 33.8. The summed E-state index contributed by atoms with van der Waals surface area (Å²) in [7, 11) is 0. The summed E-state index contributed by atoms with van der Waals surface area (Å²) in [6.45, 7) is 0. The van der Waals surface area contributed by atoms with Crippen molar-refractivity contribution >= 4 is 45.5 Å². The monoisotopic (exact) mass is 1490 g/mol. The van der Waals surface area contributed by atoms with Crippen LogP contribution in [0.5, 0.6) is 0 Å². The fraction of sp³-hybridized carbons (Fsp3) is 0.0526. The molecule has 10 aliphatic rings. The first-order chi connectivity index (χ1) is 58.6. The molecule has 118 heavy (non-hydrogen) atoms. The van der Waals surface area contributed by atoms with Crippen LogP contribution in [0.1, 0.15) is 89.0 Å². The Kier molecular flexibility index (Phi) is 12.2. The van der Waals surface area contributed by atoms with Crippen molar-refractivity contribution < 1.29 is 0 Å². The van der Waals surface area contributed by atoms with Gasteiger partial charge in [-0.1, -0.05) is 340 Å². The molecular formula is C114H70N4. The van der Waals surface area contributed by atoms with E-state index in [0.29, 0.717) is 0 Å². The minimum absolute atomic E-state index is 0.550. The van der Waals surface area contributed by atoms with E-state index in [1.54, 1.807) is 0 Å². The maximum atomic E-state index is 2.79. The fourth-order valence-corrected chi connectivity index (χ4v) is 25.2. The molecule has 18 aromatic carbocycles. The van der Waals surface area contributed by atoms with E-state index < -0.39 is 34.0 Å². The zero-order valence-electron chi connectivity index (χ0n) is 64.2. The molecule has 18 aromatic rings. The molecule has 0 saturated carbocycles. The van der Waals surface area contributed by atoms with Crippen molar-refractivity contribution in [3.63, 3.8) is 0 Å². The Hall–Kier alpha value is -14.8. The number of anilines is 8. The van der Waals surface area contributed by atoms with Gasteiger partial charge in [0.2, 0.25) is 0 Å². The summed E-state index contributed by atoms with van der Waals surface area (Å²) >= 11 is 0. The average molecular weight is 1500 g/mol. The van der Waals surface area contributed by atoms with Crippen molar-refractivity contribution in [1.82, 2.24) is 0 Å². The third kappa shape index (κ3) is 7.37. The zero-order valence-corrected chi connectivity index (χ0v) is 64.2. The van der Waals surface area contributed by atoms with Gasteiger partial charge in [0.1, 0.15) is 0 Å². The molecule has 28 rings (SSSR count). The largest absolute Gasteiger partial charge is 0.314 e. The molecule has 0 bridgehead atoms. The van der Waals surface area contributed by atoms with Crippen LogP contribution < -0.4 is 19.6 Å². The summed E-state index contributed by atoms with van der Waals surface area (Å²) in [6, 6.07) is 160. The Labute approximate surface area is 685 Å². The van der Waals surface area contributed by atoms with Crippen LogP contribution in [-0.4, -0.2) is 12.3 Å². The van der Waals surface area contributed by atoms with E-state index in [4.69, 9.17) is 0 Å². The Morgan fingerprint density at radius 1 is 0.127 bits per heavy atom. The van der Waals surface area contributed by atoms with Crippen LogP contribution in [0.25, 0.3) is 89.0 Å². The highest BCUT2D eigenvalue weighted by atomic mass is 15.5. The molecule has 2 aliphatic heterocycles. The maximum Gasteiger partial charge on any atom is 0.151 e. The predicted molar refractivity (Wildman–Crippen MR) is 480 cm³/mol. The Morgan fingerprint density at radius 2 is 0.254 bits per heavy atom. The summed E-state index contributed by atoms with van der Waals surface area (Å²) in [5.74, 6) is 0. The van der Waals surface area contributed by atoms with Crippen molar-refractivity contribution in [3.05, 3.63) is 502 Å². The SMILES string of the molecule is c1ccc2c(c1)-c1ccccc1C21c2ccccc2-c2ccc(N3c4ccccc4N(c4ccc5c(c4)C4(c6ccccc6-c6ccccc64)c4ccccc4-5)C3C3N(c4ccc5c(c4)C4(c6ccccc6-c6ccccc64)c4ccccc4-5)c4ccccc4N3c3ccc4c(c3)C3(c5ccccc5-c5ccccc53)c3ccccc3-4)cc21. The van der Waals surface area contributed by atoms with Gasteiger partial charge in [-0.05, 0) is 251 Å². The summed E-state index contributed by atoms with van der Waals surface area (Å²) in [4.78, 5) is 11.2. The summed E-state index contributed by atoms with van der Waals surface area (Å²) in [5, 5.41) is 0. The van der Waals surface area contributed by atoms with Crippen LogP contribution >= 0.6 is 0 Å². The van der Waals surface area contributed by atoms with Gasteiger partial charge in [-0.25, -0.2) is 0 Å². The van der Waals surface area contributed by atoms with Gasteiger partial charge in [-0.3, -0.25) is 0 Å². The number of hydrogen-bond acceptors (Lipinski definition) is 4. The molecule has 8 aliphatic carbocycles. The first-order valence-electron chi connectivity index (χ1n) is 41.7. The molecule has 0 radical (unpaired) electrons. The second kappa shape index (κ2) is 22.6. The van der Waals surface area contributed by atoms with E-state index in [0.717, 1.165) is 45.5 Å². The van der Waals surface area contributed by atoms with E-state index in [1.807, 2.05) is 0 Å². The van der Waals surface area contributed by atoms with Crippen LogP contribution in [0.3, 0.4) is 0 Å². The molecule has 0 amide bonds. The lowest BCUT2D eigenvalue weighted by Gasteiger charge is -2.45. The highest BCUT2D eigenvalue weighted by Gasteiger charge is 2.60. The molecule has 546 valence electrons. The lowest BCUT2D eigenvalue weighted by Crippen LogP contribution is -2.58. The first kappa shape index (κ1) is 63.6. The highest BCUT2D eigenvalue weighted by Crippen LogP contribution is 2.70. The molecule has 4 nitrogen and oxygen atoms in total. The van der Waals surface area contributed by atoms with Gasteiger partial charge in [-0.2, -0.15) is 0 Å². The Bertz CT molecular complexity index is 6420. The molecule has 0 N–H and O–H groups in total. The minimum Gasteiger partial charge on any atom is -0.314 e. The van der Waals surface area contributed by atoms with Gasteiger partial charge in [0, 0.05) is 22.7 Å². The van der Waals surface area contributed by atoms with E-state index in [2.05, 4.69) is 432 Å². The molecule has 0 aromatic heterocycles. The number of hydrogen-bond donors (Lipinski definition) is 0. The topological polar surface area (TPSA) is 13.0 Å². The maximum absolute atomic E-state index is 2.79. The van der Waals surface area contributed by atoms with Crippen LogP contribution in [0.2, 0.25) is 0 Å². The number of para-hydroxylation sites is 4. The normalized spacial score (nSPS) is 16.1. The van der Waals surface area contributed by atoms with Crippen molar-refractivity contribution in [1.29, 1.82) is 0 Å². The predicted octanol–water partition coefficient (Wildman–Crippen LogP) is 27.0. The molecule has 2 heterocycles. The Balaban J connectivity index is 0.753. The molecule has 0 atom stereocenters. The summed E-state index contributed by atoms with van der Waals surface area (Å²) in [6.07, 6.45) is -1.10. The lowest BCUT2D eigenvalue weighted by atomic mass is 9.70. The van der Waals surface area contributed by atoms with Crippen LogP contribution in [0.4, 0.5) is 45.5 Å². The van der Waals surface area contributed by atoms with E-state index in [1.165, 1.54) is 178 Å². The third-order valence-corrected chi connectivity index (χ3v) is 29.2. The summed E-state index contributed by atoms with van der Waals surface area (Å²) in [5.41, 5.74) is 47.9. The van der Waals surface area contributed by atoms with Crippen molar-refractivity contribution in [3.8, 4) is 89.0 Å². The van der Waals surface area contributed by atoms with Gasteiger partial charge in [0.05, 0.1) is 44.4 Å². The van der Waals surface area contributed by atoms with Crippen molar-refractivity contribution in [2.75, 3.05) is 19.6 Å². The number of fused-ring (bicyclic) bond motifs is 42. The lowest BCUT2D eigenvalue weighted by molar-refractivity contribution is 0.549. The molecule has 0 fully saturated rings. The average Bonchev–Trinajstić information content (AvgIpc) is 1.52. The van der Waals surface area contributed by atoms with Crippen molar-refractivity contribution in [2.24, 2.45) is 0 Å². The van der Waals surface area contributed by atoms with E-state index in [9.17, 15) is 0 Å². The number of rotatable bonds is 5. The molecular weight excluding hydrogens is 1430 g/mol. The van der Waals surface area contributed by atoms with Crippen molar-refractivity contribution in [2.45, 2.75) is 34.0 Å². The van der Waals surface area contributed by atoms with Crippen LogP contribution in [0.15, 0.2) is 413 Å². The van der Waals surface area contributed by atoms with Gasteiger partial charge in [0.25, 0.3) is 0 Å². The quantitative estimate of drug-likeness (QED) is 0.170.